The lowest BCUT2D eigenvalue weighted by atomic mass is 9.64. The fourth-order valence-corrected chi connectivity index (χ4v) is 2.95. The van der Waals surface area contributed by atoms with Crippen LogP contribution in [0.25, 0.3) is 0 Å². The molecule has 1 aliphatic rings. The van der Waals surface area contributed by atoms with Gasteiger partial charge in [0.15, 0.2) is 0 Å². The predicted octanol–water partition coefficient (Wildman–Crippen LogP) is 3.30. The fraction of sp³-hybridized carbons (Fsp3) is 0.625. The number of benzene rings is 1. The molecular formula is C16H24FNO2. The molecule has 0 aliphatic heterocycles. The van der Waals surface area contributed by atoms with Crippen LogP contribution in [0.2, 0.25) is 0 Å². The summed E-state index contributed by atoms with van der Waals surface area (Å²) in [6, 6.07) is 5.30. The van der Waals surface area contributed by atoms with Crippen LogP contribution in [0.15, 0.2) is 18.2 Å². The van der Waals surface area contributed by atoms with Gasteiger partial charge in [-0.05, 0) is 19.4 Å². The highest BCUT2D eigenvalue weighted by Gasteiger charge is 2.48. The van der Waals surface area contributed by atoms with Gasteiger partial charge in [0.05, 0.1) is 13.2 Å². The van der Waals surface area contributed by atoms with Gasteiger partial charge in [-0.2, -0.15) is 0 Å². The van der Waals surface area contributed by atoms with Crippen molar-refractivity contribution in [2.75, 3.05) is 14.2 Å². The smallest absolute Gasteiger partial charge is 0.131 e. The molecule has 3 nitrogen and oxygen atoms in total. The number of ether oxygens (including phenoxy) is 2. The molecule has 4 heteroatoms. The highest BCUT2D eigenvalue weighted by molar-refractivity contribution is 5.30. The first-order valence-electron chi connectivity index (χ1n) is 7.02. The zero-order valence-electron chi connectivity index (χ0n) is 12.9. The molecule has 1 fully saturated rings. The Hall–Kier alpha value is -1.13. The van der Waals surface area contributed by atoms with Gasteiger partial charge in [-0.1, -0.05) is 19.9 Å². The van der Waals surface area contributed by atoms with Gasteiger partial charge in [-0.3, -0.25) is 0 Å². The molecule has 112 valence electrons. The maximum atomic E-state index is 14.1. The first-order valence-corrected chi connectivity index (χ1v) is 7.02. The Morgan fingerprint density at radius 1 is 1.35 bits per heavy atom. The molecule has 1 saturated carbocycles. The van der Waals surface area contributed by atoms with Crippen LogP contribution in [0.5, 0.6) is 5.75 Å². The Morgan fingerprint density at radius 2 is 2.05 bits per heavy atom. The van der Waals surface area contributed by atoms with Gasteiger partial charge in [-0.15, -0.1) is 0 Å². The van der Waals surface area contributed by atoms with Crippen LogP contribution < -0.4 is 10.1 Å². The van der Waals surface area contributed by atoms with E-state index < -0.39 is 0 Å². The van der Waals surface area contributed by atoms with Crippen molar-refractivity contribution >= 4 is 0 Å². The molecule has 3 unspecified atom stereocenters. The van der Waals surface area contributed by atoms with Crippen molar-refractivity contribution in [3.63, 3.8) is 0 Å². The molecule has 0 radical (unpaired) electrons. The lowest BCUT2D eigenvalue weighted by Crippen LogP contribution is -2.61. The van der Waals surface area contributed by atoms with Crippen LogP contribution >= 0.6 is 0 Å². The molecule has 2 rings (SSSR count). The third kappa shape index (κ3) is 2.67. The molecule has 0 aromatic heterocycles. The van der Waals surface area contributed by atoms with Crippen molar-refractivity contribution < 1.29 is 13.9 Å². The van der Waals surface area contributed by atoms with Crippen LogP contribution in [0, 0.1) is 11.2 Å². The standard InChI is InChI=1S/C16H24FNO2/c1-10(12-7-6-11(19-4)8-13(12)17)18-14-9-15(20-5)16(14,2)3/h6-8,10,14-15,18H,9H2,1-5H3. The largest absolute Gasteiger partial charge is 0.497 e. The normalized spacial score (nSPS) is 25.9. The van der Waals surface area contributed by atoms with E-state index in [1.165, 1.54) is 13.2 Å². The minimum absolute atomic E-state index is 0.0389. The third-order valence-corrected chi connectivity index (χ3v) is 4.59. The zero-order chi connectivity index (χ0) is 14.9. The number of nitrogens with one attached hydrogen (secondary N) is 1. The molecule has 0 bridgehead atoms. The monoisotopic (exact) mass is 281 g/mol. The van der Waals surface area contributed by atoms with Crippen molar-refractivity contribution in [2.45, 2.75) is 45.4 Å². The van der Waals surface area contributed by atoms with E-state index in [-0.39, 0.29) is 23.4 Å². The average molecular weight is 281 g/mol. The highest BCUT2D eigenvalue weighted by Crippen LogP contribution is 2.43. The molecule has 20 heavy (non-hydrogen) atoms. The minimum Gasteiger partial charge on any atom is -0.497 e. The second-order valence-corrected chi connectivity index (χ2v) is 6.11. The molecule has 1 aliphatic carbocycles. The maximum Gasteiger partial charge on any atom is 0.131 e. The first-order chi connectivity index (χ1) is 9.40. The molecule has 1 aromatic carbocycles. The van der Waals surface area contributed by atoms with Crippen molar-refractivity contribution in [3.05, 3.63) is 29.6 Å². The minimum atomic E-state index is -0.232. The van der Waals surface area contributed by atoms with E-state index in [2.05, 4.69) is 19.2 Å². The van der Waals surface area contributed by atoms with Gasteiger partial charge >= 0.3 is 0 Å². The predicted molar refractivity (Wildman–Crippen MR) is 77.5 cm³/mol. The first kappa shape index (κ1) is 15.3. The summed E-state index contributed by atoms with van der Waals surface area (Å²) in [5.41, 5.74) is 0.744. The summed E-state index contributed by atoms with van der Waals surface area (Å²) in [5.74, 6) is 0.312. The molecule has 3 atom stereocenters. The van der Waals surface area contributed by atoms with Gasteiger partial charge in [0, 0.05) is 36.2 Å². The fourth-order valence-electron chi connectivity index (χ4n) is 2.95. The van der Waals surface area contributed by atoms with Crippen molar-refractivity contribution in [1.29, 1.82) is 0 Å². The lowest BCUT2D eigenvalue weighted by molar-refractivity contribution is -0.1000. The van der Waals surface area contributed by atoms with Crippen LogP contribution in [-0.2, 0) is 4.74 Å². The van der Waals surface area contributed by atoms with Crippen LogP contribution in [0.4, 0.5) is 4.39 Å². The van der Waals surface area contributed by atoms with E-state index in [4.69, 9.17) is 9.47 Å². The van der Waals surface area contributed by atoms with E-state index in [0.29, 0.717) is 17.4 Å². The summed E-state index contributed by atoms with van der Waals surface area (Å²) >= 11 is 0. The van der Waals surface area contributed by atoms with E-state index in [9.17, 15) is 4.39 Å². The topological polar surface area (TPSA) is 30.5 Å². The molecule has 1 aromatic rings. The summed E-state index contributed by atoms with van der Waals surface area (Å²) in [5, 5.41) is 3.50. The molecule has 1 N–H and O–H groups in total. The quantitative estimate of drug-likeness (QED) is 0.898. The SMILES string of the molecule is COc1ccc(C(C)NC2CC(OC)C2(C)C)c(F)c1. The van der Waals surface area contributed by atoms with Crippen molar-refractivity contribution in [3.8, 4) is 5.75 Å². The summed E-state index contributed by atoms with van der Waals surface area (Å²) in [6.45, 7) is 6.35. The molecule has 0 spiro atoms. The molecule has 0 amide bonds. The van der Waals surface area contributed by atoms with Gasteiger partial charge in [0.2, 0.25) is 0 Å². The number of rotatable bonds is 5. The van der Waals surface area contributed by atoms with Gasteiger partial charge < -0.3 is 14.8 Å². The van der Waals surface area contributed by atoms with E-state index in [1.807, 2.05) is 6.92 Å². The third-order valence-electron chi connectivity index (χ3n) is 4.59. The van der Waals surface area contributed by atoms with Gasteiger partial charge in [0.1, 0.15) is 11.6 Å². The van der Waals surface area contributed by atoms with E-state index in [0.717, 1.165) is 6.42 Å². The van der Waals surface area contributed by atoms with E-state index >= 15 is 0 Å². The van der Waals surface area contributed by atoms with Crippen LogP contribution in [0.1, 0.15) is 38.8 Å². The Bertz CT molecular complexity index is 476. The molecule has 0 heterocycles. The van der Waals surface area contributed by atoms with Gasteiger partial charge in [0.25, 0.3) is 0 Å². The number of hydrogen-bond acceptors (Lipinski definition) is 3. The second-order valence-electron chi connectivity index (χ2n) is 6.11. The zero-order valence-corrected chi connectivity index (χ0v) is 12.9. The van der Waals surface area contributed by atoms with Crippen molar-refractivity contribution in [2.24, 2.45) is 5.41 Å². The number of halogens is 1. The number of hydrogen-bond donors (Lipinski definition) is 1. The molecule has 0 saturated heterocycles. The van der Waals surface area contributed by atoms with E-state index in [1.54, 1.807) is 19.2 Å². The summed E-state index contributed by atoms with van der Waals surface area (Å²) in [4.78, 5) is 0. The second kappa shape index (κ2) is 5.70. The van der Waals surface area contributed by atoms with Crippen LogP contribution in [-0.4, -0.2) is 26.4 Å². The Labute approximate surface area is 120 Å². The Morgan fingerprint density at radius 3 is 2.55 bits per heavy atom. The molecular weight excluding hydrogens is 257 g/mol. The Kier molecular flexibility index (Phi) is 4.35. The van der Waals surface area contributed by atoms with Crippen molar-refractivity contribution in [1.82, 2.24) is 5.32 Å². The summed E-state index contributed by atoms with van der Waals surface area (Å²) in [6.07, 6.45) is 1.24. The van der Waals surface area contributed by atoms with Gasteiger partial charge in [-0.25, -0.2) is 4.39 Å². The number of methoxy groups -OCH3 is 2. The highest BCUT2D eigenvalue weighted by atomic mass is 19.1. The average Bonchev–Trinajstić information content (AvgIpc) is 2.42. The Balaban J connectivity index is 2.04. The lowest BCUT2D eigenvalue weighted by Gasteiger charge is -2.52. The summed E-state index contributed by atoms with van der Waals surface area (Å²) in [7, 11) is 3.28. The maximum absolute atomic E-state index is 14.1. The van der Waals surface area contributed by atoms with Crippen LogP contribution in [0.3, 0.4) is 0 Å². The summed E-state index contributed by atoms with van der Waals surface area (Å²) < 4.78 is 24.5.